The van der Waals surface area contributed by atoms with Gasteiger partial charge in [0.2, 0.25) is 0 Å². The Morgan fingerprint density at radius 1 is 1.25 bits per heavy atom. The van der Waals surface area contributed by atoms with E-state index in [1.807, 2.05) is 6.26 Å². The van der Waals surface area contributed by atoms with Crippen LogP contribution >= 0.6 is 11.8 Å². The summed E-state index contributed by atoms with van der Waals surface area (Å²) in [6, 6.07) is 9.77. The highest BCUT2D eigenvalue weighted by Crippen LogP contribution is 2.36. The van der Waals surface area contributed by atoms with E-state index >= 15 is 0 Å². The Bertz CT molecular complexity index is 1240. The first-order chi connectivity index (χ1) is 15.4. The fourth-order valence-electron chi connectivity index (χ4n) is 3.58. The molecule has 0 radical (unpaired) electrons. The molecule has 32 heavy (non-hydrogen) atoms. The maximum atomic E-state index is 14.8. The number of rotatable bonds is 6. The minimum absolute atomic E-state index is 0.0627. The SMILES string of the molecule is COC(=O)CC[C@@H]1N=C(c2ccccc2F)c2cc([N+](=O)[O-])ccc2-n2c(SC)nnc21. The lowest BCUT2D eigenvalue weighted by molar-refractivity contribution is -0.384. The molecule has 11 heteroatoms. The molecule has 1 aromatic heterocycles. The lowest BCUT2D eigenvalue weighted by atomic mass is 9.99. The number of non-ortho nitro benzene ring substituents is 1. The molecule has 0 saturated heterocycles. The molecule has 164 valence electrons. The molecule has 0 fully saturated rings. The van der Waals surface area contributed by atoms with Crippen molar-refractivity contribution in [3.63, 3.8) is 0 Å². The quantitative estimate of drug-likeness (QED) is 0.240. The molecule has 0 amide bonds. The molecule has 0 N–H and O–H groups in total. The van der Waals surface area contributed by atoms with Crippen LogP contribution in [0.4, 0.5) is 10.1 Å². The van der Waals surface area contributed by atoms with Crippen molar-refractivity contribution in [1.82, 2.24) is 14.8 Å². The van der Waals surface area contributed by atoms with Gasteiger partial charge in [-0.1, -0.05) is 23.9 Å². The molecule has 1 aliphatic rings. The van der Waals surface area contributed by atoms with E-state index in [-0.39, 0.29) is 29.8 Å². The molecule has 3 aromatic rings. The van der Waals surface area contributed by atoms with Gasteiger partial charge in [0.25, 0.3) is 5.69 Å². The summed E-state index contributed by atoms with van der Waals surface area (Å²) in [4.78, 5) is 27.5. The van der Waals surface area contributed by atoms with Crippen LogP contribution in [0.15, 0.2) is 52.6 Å². The highest BCUT2D eigenvalue weighted by atomic mass is 32.2. The van der Waals surface area contributed by atoms with Gasteiger partial charge in [0, 0.05) is 29.7 Å². The lowest BCUT2D eigenvalue weighted by Crippen LogP contribution is -2.10. The van der Waals surface area contributed by atoms with Crippen molar-refractivity contribution >= 4 is 29.1 Å². The number of methoxy groups -OCH3 is 1. The molecule has 2 aromatic carbocycles. The zero-order valence-corrected chi connectivity index (χ0v) is 18.0. The fourth-order valence-corrected chi connectivity index (χ4v) is 4.08. The van der Waals surface area contributed by atoms with Gasteiger partial charge in [0.05, 0.1) is 23.4 Å². The molecule has 0 unspecified atom stereocenters. The Labute approximate surface area is 186 Å². The number of aliphatic imine (C=N–C) groups is 1. The molecule has 9 nitrogen and oxygen atoms in total. The van der Waals surface area contributed by atoms with Crippen LogP contribution in [0.2, 0.25) is 0 Å². The van der Waals surface area contributed by atoms with E-state index < -0.39 is 22.8 Å². The van der Waals surface area contributed by atoms with Crippen molar-refractivity contribution in [2.45, 2.75) is 24.0 Å². The Balaban J connectivity index is 2.00. The smallest absolute Gasteiger partial charge is 0.305 e. The van der Waals surface area contributed by atoms with Crippen molar-refractivity contribution in [2.75, 3.05) is 13.4 Å². The Morgan fingerprint density at radius 3 is 2.72 bits per heavy atom. The molecule has 1 aliphatic heterocycles. The molecular weight excluding hydrogens is 437 g/mol. The number of benzene rings is 2. The predicted molar refractivity (Wildman–Crippen MR) is 116 cm³/mol. The average molecular weight is 455 g/mol. The molecule has 2 heterocycles. The molecule has 0 spiro atoms. The second kappa shape index (κ2) is 8.87. The number of nitro groups is 1. The molecule has 4 rings (SSSR count). The van der Waals surface area contributed by atoms with Crippen molar-refractivity contribution in [3.8, 4) is 5.69 Å². The van der Waals surface area contributed by atoms with E-state index in [2.05, 4.69) is 10.2 Å². The van der Waals surface area contributed by atoms with Gasteiger partial charge in [-0.25, -0.2) is 4.39 Å². The third kappa shape index (κ3) is 3.86. The number of hydrogen-bond donors (Lipinski definition) is 0. The van der Waals surface area contributed by atoms with Crippen molar-refractivity contribution in [1.29, 1.82) is 0 Å². The number of fused-ring (bicyclic) bond motifs is 3. The number of nitro benzene ring substituents is 1. The van der Waals surface area contributed by atoms with Gasteiger partial charge in [-0.15, -0.1) is 10.2 Å². The third-order valence-corrected chi connectivity index (χ3v) is 5.72. The summed E-state index contributed by atoms with van der Waals surface area (Å²) >= 11 is 1.34. The van der Waals surface area contributed by atoms with Gasteiger partial charge < -0.3 is 4.74 Å². The van der Waals surface area contributed by atoms with Crippen LogP contribution < -0.4 is 0 Å². The summed E-state index contributed by atoms with van der Waals surface area (Å²) in [7, 11) is 1.30. The van der Waals surface area contributed by atoms with E-state index in [1.54, 1.807) is 28.8 Å². The van der Waals surface area contributed by atoms with Gasteiger partial charge in [0.1, 0.15) is 11.9 Å². The van der Waals surface area contributed by atoms with Gasteiger partial charge in [0.15, 0.2) is 11.0 Å². The van der Waals surface area contributed by atoms with Crippen molar-refractivity contribution in [3.05, 3.63) is 75.3 Å². The summed E-state index contributed by atoms with van der Waals surface area (Å²) in [6.45, 7) is 0. The standard InChI is InChI=1S/C21H18FN5O4S/c1-31-18(28)10-8-16-20-24-25-21(32-2)26(20)17-9-7-12(27(29)30)11-14(17)19(23-16)13-5-3-4-6-15(13)22/h3-7,9,11,16H,8,10H2,1-2H3/t16-/m0/s1. The number of hydrogen-bond acceptors (Lipinski definition) is 8. The van der Waals surface area contributed by atoms with Crippen LogP contribution in [0.1, 0.15) is 35.8 Å². The van der Waals surface area contributed by atoms with Crippen LogP contribution in [-0.4, -0.2) is 44.7 Å². The zero-order valence-electron chi connectivity index (χ0n) is 17.2. The zero-order chi connectivity index (χ0) is 22.8. The number of halogens is 1. The lowest BCUT2D eigenvalue weighted by Gasteiger charge is -2.13. The first-order valence-electron chi connectivity index (χ1n) is 9.62. The van der Waals surface area contributed by atoms with E-state index in [0.29, 0.717) is 22.2 Å². The van der Waals surface area contributed by atoms with Crippen LogP contribution in [0.3, 0.4) is 0 Å². The first-order valence-corrected chi connectivity index (χ1v) is 10.8. The van der Waals surface area contributed by atoms with E-state index in [0.717, 1.165) is 0 Å². The Morgan fingerprint density at radius 2 is 2.03 bits per heavy atom. The van der Waals surface area contributed by atoms with E-state index in [9.17, 15) is 19.3 Å². The van der Waals surface area contributed by atoms with Crippen LogP contribution in [0.25, 0.3) is 5.69 Å². The summed E-state index contributed by atoms with van der Waals surface area (Å²) in [5.74, 6) is -0.473. The fraction of sp³-hybridized carbons (Fsp3) is 0.238. The van der Waals surface area contributed by atoms with Gasteiger partial charge in [-0.2, -0.15) is 0 Å². The predicted octanol–water partition coefficient (Wildman–Crippen LogP) is 3.88. The number of ether oxygens (including phenoxy) is 1. The molecular formula is C21H18FN5O4S. The Kier molecular flexibility index (Phi) is 5.99. The molecule has 0 aliphatic carbocycles. The molecule has 0 saturated carbocycles. The maximum Gasteiger partial charge on any atom is 0.305 e. The number of carbonyl (C=O) groups excluding carboxylic acids is 1. The monoisotopic (exact) mass is 455 g/mol. The topological polar surface area (TPSA) is 113 Å². The summed E-state index contributed by atoms with van der Waals surface area (Å²) in [6.07, 6.45) is 2.13. The number of aromatic nitrogens is 3. The molecule has 1 atom stereocenters. The Hall–Kier alpha value is -3.60. The third-order valence-electron chi connectivity index (χ3n) is 5.09. The van der Waals surface area contributed by atoms with E-state index in [4.69, 9.17) is 9.73 Å². The van der Waals surface area contributed by atoms with Gasteiger partial charge in [-0.05, 0) is 30.9 Å². The minimum Gasteiger partial charge on any atom is -0.469 e. The number of esters is 1. The highest BCUT2D eigenvalue weighted by molar-refractivity contribution is 7.98. The summed E-state index contributed by atoms with van der Waals surface area (Å²) < 4.78 is 21.3. The minimum atomic E-state index is -0.649. The highest BCUT2D eigenvalue weighted by Gasteiger charge is 2.31. The normalized spacial score (nSPS) is 14.7. The van der Waals surface area contributed by atoms with Crippen molar-refractivity contribution < 1.29 is 18.8 Å². The van der Waals surface area contributed by atoms with Gasteiger partial charge in [-0.3, -0.25) is 24.5 Å². The average Bonchev–Trinajstić information content (AvgIpc) is 3.17. The van der Waals surface area contributed by atoms with Crippen LogP contribution in [-0.2, 0) is 9.53 Å². The summed E-state index contributed by atoms with van der Waals surface area (Å²) in [5.41, 5.74) is 1.21. The van der Waals surface area contributed by atoms with E-state index in [1.165, 1.54) is 37.1 Å². The maximum absolute atomic E-state index is 14.8. The second-order valence-corrected chi connectivity index (χ2v) is 7.70. The molecule has 0 bridgehead atoms. The largest absolute Gasteiger partial charge is 0.469 e. The second-order valence-electron chi connectivity index (χ2n) is 6.93. The van der Waals surface area contributed by atoms with Crippen molar-refractivity contribution in [2.24, 2.45) is 4.99 Å². The van der Waals surface area contributed by atoms with Crippen LogP contribution in [0.5, 0.6) is 0 Å². The number of thioether (sulfide) groups is 1. The summed E-state index contributed by atoms with van der Waals surface area (Å²) in [5, 5.41) is 20.5. The first kappa shape index (κ1) is 21.6. The number of nitrogens with zero attached hydrogens (tertiary/aromatic N) is 5. The van der Waals surface area contributed by atoms with Crippen LogP contribution in [0, 0.1) is 15.9 Å². The van der Waals surface area contributed by atoms with Gasteiger partial charge >= 0.3 is 5.97 Å². The number of carbonyl (C=O) groups is 1.